The maximum Gasteiger partial charge on any atom is 0.237 e. The summed E-state index contributed by atoms with van der Waals surface area (Å²) in [4.78, 5) is 8.69. The van der Waals surface area contributed by atoms with Gasteiger partial charge in [0.15, 0.2) is 0 Å². The molecule has 1 aliphatic heterocycles. The van der Waals surface area contributed by atoms with Crippen molar-refractivity contribution in [2.75, 3.05) is 34.0 Å². The number of likely N-dealkylation sites (N-methyl/N-ethyl adjacent to an activating group) is 1. The van der Waals surface area contributed by atoms with Gasteiger partial charge < -0.3 is 19.5 Å². The minimum atomic E-state index is -0.328. The molecule has 1 aromatic rings. The van der Waals surface area contributed by atoms with Gasteiger partial charge in [-0.25, -0.2) is 4.98 Å². The van der Waals surface area contributed by atoms with Crippen LogP contribution >= 0.6 is 0 Å². The molecule has 0 bridgehead atoms. The molecule has 1 aromatic heterocycles. The summed E-state index contributed by atoms with van der Waals surface area (Å²) in [6.07, 6.45) is 4.96. The van der Waals surface area contributed by atoms with Crippen LogP contribution in [0.1, 0.15) is 31.5 Å². The van der Waals surface area contributed by atoms with Gasteiger partial charge in [0, 0.05) is 45.1 Å². The number of nitrogens with one attached hydrogen (secondary N) is 1. The van der Waals surface area contributed by atoms with Crippen LogP contribution in [0.5, 0.6) is 5.88 Å². The molecular weight excluding hydrogens is 258 g/mol. The van der Waals surface area contributed by atoms with Crippen molar-refractivity contribution in [3.05, 3.63) is 18.1 Å². The van der Waals surface area contributed by atoms with Gasteiger partial charge in [-0.1, -0.05) is 0 Å². The molecule has 1 atom stereocenters. The fourth-order valence-corrected chi connectivity index (χ4v) is 2.86. The van der Waals surface area contributed by atoms with Crippen LogP contribution in [-0.2, 0) is 9.47 Å². The second-order valence-electron chi connectivity index (χ2n) is 4.78. The Bertz CT molecular complexity index is 416. The highest BCUT2D eigenvalue weighted by molar-refractivity contribution is 5.24. The first-order valence-electron chi connectivity index (χ1n) is 7.01. The first kappa shape index (κ1) is 15.2. The molecule has 6 heteroatoms. The summed E-state index contributed by atoms with van der Waals surface area (Å²) < 4.78 is 16.9. The lowest BCUT2D eigenvalue weighted by Gasteiger charge is -2.42. The molecule has 0 spiro atoms. The van der Waals surface area contributed by atoms with Crippen molar-refractivity contribution in [1.82, 2.24) is 15.3 Å². The minimum Gasteiger partial charge on any atom is -0.480 e. The number of nitrogens with zero attached hydrogens (tertiary/aromatic N) is 2. The van der Waals surface area contributed by atoms with E-state index in [4.69, 9.17) is 14.2 Å². The molecule has 1 unspecified atom stereocenters. The van der Waals surface area contributed by atoms with E-state index in [0.29, 0.717) is 25.7 Å². The molecule has 1 N–H and O–H groups in total. The van der Waals surface area contributed by atoms with Crippen molar-refractivity contribution >= 4 is 0 Å². The van der Waals surface area contributed by atoms with Crippen LogP contribution in [0, 0.1) is 0 Å². The normalized spacial score (nSPS) is 19.6. The number of rotatable bonds is 6. The Morgan fingerprint density at radius 2 is 2.05 bits per heavy atom. The molecular formula is C14H23N3O3. The molecule has 0 aromatic carbocycles. The van der Waals surface area contributed by atoms with E-state index >= 15 is 0 Å². The third-order valence-electron chi connectivity index (χ3n) is 3.74. The summed E-state index contributed by atoms with van der Waals surface area (Å²) >= 11 is 0. The zero-order valence-electron chi connectivity index (χ0n) is 12.4. The Balaban J connectivity index is 2.37. The molecule has 1 saturated heterocycles. The van der Waals surface area contributed by atoms with Gasteiger partial charge in [0.1, 0.15) is 5.69 Å². The van der Waals surface area contributed by atoms with E-state index in [-0.39, 0.29) is 11.6 Å². The number of ether oxygens (including phenoxy) is 3. The summed E-state index contributed by atoms with van der Waals surface area (Å²) in [5.41, 5.74) is 0.457. The van der Waals surface area contributed by atoms with Crippen molar-refractivity contribution in [1.29, 1.82) is 0 Å². The monoisotopic (exact) mass is 281 g/mol. The third-order valence-corrected chi connectivity index (χ3v) is 3.74. The van der Waals surface area contributed by atoms with Gasteiger partial charge in [0.05, 0.1) is 18.8 Å². The van der Waals surface area contributed by atoms with Crippen molar-refractivity contribution in [2.24, 2.45) is 0 Å². The Kier molecular flexibility index (Phi) is 5.28. The summed E-state index contributed by atoms with van der Waals surface area (Å²) in [6, 6.07) is -0.0741. The predicted octanol–water partition coefficient (Wildman–Crippen LogP) is 1.33. The highest BCUT2D eigenvalue weighted by Crippen LogP contribution is 2.39. The molecule has 112 valence electrons. The van der Waals surface area contributed by atoms with Crippen LogP contribution in [0.4, 0.5) is 0 Å². The maximum atomic E-state index is 6.11. The standard InChI is InChI=1S/C14H23N3O3/c1-4-20-14(5-9-19-10-6-14)12(15-2)11-13(18-3)17-8-7-16-11/h7-8,12,15H,4-6,9-10H2,1-3H3. The molecule has 6 nitrogen and oxygen atoms in total. The van der Waals surface area contributed by atoms with Crippen molar-refractivity contribution in [2.45, 2.75) is 31.4 Å². The lowest BCUT2D eigenvalue weighted by atomic mass is 9.84. The fourth-order valence-electron chi connectivity index (χ4n) is 2.86. The molecule has 0 amide bonds. The summed E-state index contributed by atoms with van der Waals surface area (Å²) in [5, 5.41) is 3.33. The Morgan fingerprint density at radius 1 is 1.35 bits per heavy atom. The highest BCUT2D eigenvalue weighted by atomic mass is 16.5. The largest absolute Gasteiger partial charge is 0.480 e. The van der Waals surface area contributed by atoms with Crippen LogP contribution < -0.4 is 10.1 Å². The summed E-state index contributed by atoms with van der Waals surface area (Å²) in [7, 11) is 3.52. The first-order valence-corrected chi connectivity index (χ1v) is 7.01. The molecule has 0 saturated carbocycles. The van der Waals surface area contributed by atoms with E-state index < -0.39 is 0 Å². The smallest absolute Gasteiger partial charge is 0.237 e. The number of methoxy groups -OCH3 is 1. The van der Waals surface area contributed by atoms with Gasteiger partial charge in [-0.05, 0) is 14.0 Å². The van der Waals surface area contributed by atoms with Gasteiger partial charge in [-0.15, -0.1) is 0 Å². The minimum absolute atomic E-state index is 0.0741. The average molecular weight is 281 g/mol. The molecule has 20 heavy (non-hydrogen) atoms. The topological polar surface area (TPSA) is 65.5 Å². The van der Waals surface area contributed by atoms with E-state index in [1.165, 1.54) is 0 Å². The van der Waals surface area contributed by atoms with E-state index in [1.54, 1.807) is 19.5 Å². The zero-order chi connectivity index (χ0) is 14.4. The van der Waals surface area contributed by atoms with Gasteiger partial charge in [0.2, 0.25) is 5.88 Å². The van der Waals surface area contributed by atoms with E-state index in [1.807, 2.05) is 14.0 Å². The molecule has 1 fully saturated rings. The van der Waals surface area contributed by atoms with Gasteiger partial charge in [0.25, 0.3) is 0 Å². The number of hydrogen-bond acceptors (Lipinski definition) is 6. The van der Waals surface area contributed by atoms with Crippen molar-refractivity contribution in [3.63, 3.8) is 0 Å². The highest BCUT2D eigenvalue weighted by Gasteiger charge is 2.43. The number of hydrogen-bond donors (Lipinski definition) is 1. The molecule has 1 aliphatic rings. The zero-order valence-corrected chi connectivity index (χ0v) is 12.4. The van der Waals surface area contributed by atoms with Crippen LogP contribution in [0.2, 0.25) is 0 Å². The number of aromatic nitrogens is 2. The van der Waals surface area contributed by atoms with Crippen molar-refractivity contribution < 1.29 is 14.2 Å². The van der Waals surface area contributed by atoms with E-state index in [9.17, 15) is 0 Å². The molecule has 2 heterocycles. The maximum absolute atomic E-state index is 6.11. The second kappa shape index (κ2) is 6.97. The fraction of sp³-hybridized carbons (Fsp3) is 0.714. The van der Waals surface area contributed by atoms with Crippen LogP contribution in [0.15, 0.2) is 12.4 Å². The summed E-state index contributed by atoms with van der Waals surface area (Å²) in [6.45, 7) is 4.06. The molecule has 0 radical (unpaired) electrons. The Morgan fingerprint density at radius 3 is 2.65 bits per heavy atom. The van der Waals surface area contributed by atoms with E-state index in [0.717, 1.165) is 18.5 Å². The Hall–Kier alpha value is -1.24. The first-order chi connectivity index (χ1) is 9.77. The van der Waals surface area contributed by atoms with Gasteiger partial charge in [-0.3, -0.25) is 4.98 Å². The average Bonchev–Trinajstić information content (AvgIpc) is 2.49. The summed E-state index contributed by atoms with van der Waals surface area (Å²) in [5.74, 6) is 0.539. The quantitative estimate of drug-likeness (QED) is 0.848. The molecule has 0 aliphatic carbocycles. The van der Waals surface area contributed by atoms with Gasteiger partial charge >= 0.3 is 0 Å². The van der Waals surface area contributed by atoms with Crippen LogP contribution in [0.25, 0.3) is 0 Å². The Labute approximate surface area is 119 Å². The second-order valence-corrected chi connectivity index (χ2v) is 4.78. The van der Waals surface area contributed by atoms with E-state index in [2.05, 4.69) is 15.3 Å². The van der Waals surface area contributed by atoms with Gasteiger partial charge in [-0.2, -0.15) is 0 Å². The van der Waals surface area contributed by atoms with Crippen LogP contribution in [0.3, 0.4) is 0 Å². The predicted molar refractivity (Wildman–Crippen MR) is 74.8 cm³/mol. The van der Waals surface area contributed by atoms with Crippen LogP contribution in [-0.4, -0.2) is 49.5 Å². The third kappa shape index (κ3) is 2.92. The lowest BCUT2D eigenvalue weighted by Crippen LogP contribution is -2.49. The lowest BCUT2D eigenvalue weighted by molar-refractivity contribution is -0.128. The SMILES string of the molecule is CCOC1(C(NC)c2nccnc2OC)CCOCC1. The molecule has 2 rings (SSSR count). The van der Waals surface area contributed by atoms with Crippen molar-refractivity contribution in [3.8, 4) is 5.88 Å².